The zero-order chi connectivity index (χ0) is 13.1. The van der Waals surface area contributed by atoms with Crippen LogP contribution in [0.3, 0.4) is 0 Å². The summed E-state index contributed by atoms with van der Waals surface area (Å²) in [6.45, 7) is 3.73. The Balaban J connectivity index is 2.75. The maximum atomic E-state index is 10.5. The van der Waals surface area contributed by atoms with Crippen molar-refractivity contribution < 1.29 is 9.90 Å². The molecule has 1 heterocycles. The summed E-state index contributed by atoms with van der Waals surface area (Å²) >= 11 is 5.93. The fourth-order valence-electron chi connectivity index (χ4n) is 1.27. The van der Waals surface area contributed by atoms with Gasteiger partial charge in [0.15, 0.2) is 5.82 Å². The minimum Gasteiger partial charge on any atom is -0.481 e. The molecule has 1 rings (SSSR count). The molecule has 7 heteroatoms. The minimum atomic E-state index is -0.840. The van der Waals surface area contributed by atoms with Crippen LogP contribution in [0.15, 0.2) is 6.33 Å². The normalized spacial score (nSPS) is 11.2. The van der Waals surface area contributed by atoms with E-state index in [1.165, 1.54) is 6.33 Å². The second kappa shape index (κ2) is 5.18. The third kappa shape index (κ3) is 4.07. The Bertz CT molecular complexity index is 423. The standard InChI is InChI=1S/C10H15ClN4O2/c1-10(2,4-3-6(16)17)15-9-7(11)8(12)13-5-14-9/h5H,3-4H2,1-2H3,(H,16,17)(H3,12,13,14,15). The van der Waals surface area contributed by atoms with Crippen molar-refractivity contribution in [3.63, 3.8) is 0 Å². The Labute approximate surface area is 104 Å². The minimum absolute atomic E-state index is 0.0676. The highest BCUT2D eigenvalue weighted by Crippen LogP contribution is 2.27. The molecule has 0 saturated carbocycles. The smallest absolute Gasteiger partial charge is 0.303 e. The van der Waals surface area contributed by atoms with Crippen LogP contribution in [0.1, 0.15) is 26.7 Å². The van der Waals surface area contributed by atoms with Gasteiger partial charge < -0.3 is 16.2 Å². The Morgan fingerprint density at radius 1 is 1.59 bits per heavy atom. The number of nitrogen functional groups attached to an aromatic ring is 1. The zero-order valence-electron chi connectivity index (χ0n) is 9.70. The van der Waals surface area contributed by atoms with Gasteiger partial charge in [-0.2, -0.15) is 0 Å². The first-order chi connectivity index (χ1) is 7.82. The number of aromatic nitrogens is 2. The quantitative estimate of drug-likeness (QED) is 0.744. The fourth-order valence-corrected chi connectivity index (χ4v) is 1.42. The summed E-state index contributed by atoms with van der Waals surface area (Å²) < 4.78 is 0. The molecule has 0 aromatic carbocycles. The maximum Gasteiger partial charge on any atom is 0.303 e. The summed E-state index contributed by atoms with van der Waals surface area (Å²) in [5.41, 5.74) is 5.10. The van der Waals surface area contributed by atoms with E-state index in [1.807, 2.05) is 13.8 Å². The van der Waals surface area contributed by atoms with Crippen molar-refractivity contribution in [2.45, 2.75) is 32.2 Å². The number of aliphatic carboxylic acids is 1. The molecule has 17 heavy (non-hydrogen) atoms. The summed E-state index contributed by atoms with van der Waals surface area (Å²) in [6.07, 6.45) is 1.82. The molecule has 0 fully saturated rings. The molecular weight excluding hydrogens is 244 g/mol. The van der Waals surface area contributed by atoms with Crippen LogP contribution >= 0.6 is 11.6 Å². The van der Waals surface area contributed by atoms with E-state index in [0.717, 1.165) is 0 Å². The Morgan fingerprint density at radius 3 is 2.82 bits per heavy atom. The topological polar surface area (TPSA) is 101 Å². The van der Waals surface area contributed by atoms with Crippen molar-refractivity contribution >= 4 is 29.2 Å². The average Bonchev–Trinajstić information content (AvgIpc) is 2.22. The van der Waals surface area contributed by atoms with E-state index in [2.05, 4.69) is 15.3 Å². The van der Waals surface area contributed by atoms with E-state index < -0.39 is 11.5 Å². The SMILES string of the molecule is CC(C)(CCC(=O)O)Nc1ncnc(N)c1Cl. The number of nitrogens with two attached hydrogens (primary N) is 1. The van der Waals surface area contributed by atoms with E-state index in [9.17, 15) is 4.79 Å². The van der Waals surface area contributed by atoms with Crippen LogP contribution in [0.5, 0.6) is 0 Å². The number of carboxylic acids is 1. The lowest BCUT2D eigenvalue weighted by Gasteiger charge is -2.26. The molecule has 1 aromatic heterocycles. The highest BCUT2D eigenvalue weighted by molar-refractivity contribution is 6.35. The molecular formula is C10H15ClN4O2. The van der Waals surface area contributed by atoms with Crippen molar-refractivity contribution in [3.05, 3.63) is 11.3 Å². The summed E-state index contributed by atoms with van der Waals surface area (Å²) in [7, 11) is 0. The Hall–Kier alpha value is -1.56. The number of nitrogens with one attached hydrogen (secondary N) is 1. The zero-order valence-corrected chi connectivity index (χ0v) is 10.5. The van der Waals surface area contributed by atoms with Crippen molar-refractivity contribution in [1.29, 1.82) is 0 Å². The Morgan fingerprint density at radius 2 is 2.24 bits per heavy atom. The molecule has 0 aliphatic carbocycles. The molecule has 0 spiro atoms. The maximum absolute atomic E-state index is 10.5. The number of hydrogen-bond donors (Lipinski definition) is 3. The number of hydrogen-bond acceptors (Lipinski definition) is 5. The largest absolute Gasteiger partial charge is 0.481 e. The lowest BCUT2D eigenvalue weighted by molar-refractivity contribution is -0.137. The third-order valence-electron chi connectivity index (χ3n) is 2.24. The lowest BCUT2D eigenvalue weighted by atomic mass is 9.98. The number of carboxylic acid groups (broad SMARTS) is 1. The van der Waals surface area contributed by atoms with Crippen molar-refractivity contribution in [2.75, 3.05) is 11.1 Å². The van der Waals surface area contributed by atoms with Crippen LogP contribution in [0, 0.1) is 0 Å². The summed E-state index contributed by atoms with van der Waals surface area (Å²) in [4.78, 5) is 18.2. The predicted octanol–water partition coefficient (Wildman–Crippen LogP) is 1.77. The average molecular weight is 259 g/mol. The van der Waals surface area contributed by atoms with Gasteiger partial charge >= 0.3 is 5.97 Å². The second-order valence-corrected chi connectivity index (χ2v) is 4.70. The van der Waals surface area contributed by atoms with Gasteiger partial charge in [-0.1, -0.05) is 11.6 Å². The van der Waals surface area contributed by atoms with Crippen LogP contribution in [0.25, 0.3) is 0 Å². The Kier molecular flexibility index (Phi) is 4.11. The molecule has 0 unspecified atom stereocenters. The molecule has 0 radical (unpaired) electrons. The van der Waals surface area contributed by atoms with E-state index in [1.54, 1.807) is 0 Å². The summed E-state index contributed by atoms with van der Waals surface area (Å²) in [5, 5.41) is 11.9. The van der Waals surface area contributed by atoms with Gasteiger partial charge in [0.25, 0.3) is 0 Å². The van der Waals surface area contributed by atoms with Crippen LogP contribution in [-0.2, 0) is 4.79 Å². The van der Waals surface area contributed by atoms with Gasteiger partial charge in [-0.25, -0.2) is 9.97 Å². The number of carbonyl (C=O) groups is 1. The van der Waals surface area contributed by atoms with Gasteiger partial charge in [0.2, 0.25) is 0 Å². The molecule has 6 nitrogen and oxygen atoms in total. The molecule has 0 aliphatic heterocycles. The summed E-state index contributed by atoms with van der Waals surface area (Å²) in [5.74, 6) is -0.235. The van der Waals surface area contributed by atoms with Gasteiger partial charge in [-0.15, -0.1) is 0 Å². The number of nitrogens with zero attached hydrogens (tertiary/aromatic N) is 2. The lowest BCUT2D eigenvalue weighted by Crippen LogP contribution is -2.32. The van der Waals surface area contributed by atoms with Crippen molar-refractivity contribution in [1.82, 2.24) is 9.97 Å². The van der Waals surface area contributed by atoms with Gasteiger partial charge in [0.05, 0.1) is 0 Å². The van der Waals surface area contributed by atoms with Gasteiger partial charge in [-0.3, -0.25) is 4.79 Å². The first-order valence-electron chi connectivity index (χ1n) is 5.08. The molecule has 0 aliphatic rings. The number of rotatable bonds is 5. The van der Waals surface area contributed by atoms with E-state index in [-0.39, 0.29) is 17.3 Å². The van der Waals surface area contributed by atoms with Crippen LogP contribution in [-0.4, -0.2) is 26.6 Å². The molecule has 0 bridgehead atoms. The first kappa shape index (κ1) is 13.5. The highest BCUT2D eigenvalue weighted by Gasteiger charge is 2.21. The molecule has 0 amide bonds. The fraction of sp³-hybridized carbons (Fsp3) is 0.500. The molecule has 1 aromatic rings. The summed E-state index contributed by atoms with van der Waals surface area (Å²) in [6, 6.07) is 0. The first-order valence-corrected chi connectivity index (χ1v) is 5.45. The second-order valence-electron chi connectivity index (χ2n) is 4.32. The van der Waals surface area contributed by atoms with Gasteiger partial charge in [0.1, 0.15) is 17.2 Å². The van der Waals surface area contributed by atoms with Crippen molar-refractivity contribution in [3.8, 4) is 0 Å². The molecule has 0 atom stereocenters. The van der Waals surface area contributed by atoms with E-state index in [0.29, 0.717) is 12.2 Å². The van der Waals surface area contributed by atoms with Crippen LogP contribution < -0.4 is 11.1 Å². The number of halogens is 1. The number of anilines is 2. The van der Waals surface area contributed by atoms with Gasteiger partial charge in [0, 0.05) is 12.0 Å². The monoisotopic (exact) mass is 258 g/mol. The van der Waals surface area contributed by atoms with Crippen LogP contribution in [0.2, 0.25) is 5.02 Å². The highest BCUT2D eigenvalue weighted by atomic mass is 35.5. The molecule has 94 valence electrons. The third-order valence-corrected chi connectivity index (χ3v) is 2.61. The van der Waals surface area contributed by atoms with Crippen molar-refractivity contribution in [2.24, 2.45) is 0 Å². The van der Waals surface area contributed by atoms with Crippen LogP contribution in [0.4, 0.5) is 11.6 Å². The molecule has 0 saturated heterocycles. The van der Waals surface area contributed by atoms with E-state index in [4.69, 9.17) is 22.4 Å². The van der Waals surface area contributed by atoms with E-state index >= 15 is 0 Å². The molecule has 4 N–H and O–H groups in total. The van der Waals surface area contributed by atoms with Gasteiger partial charge in [-0.05, 0) is 20.3 Å². The predicted molar refractivity (Wildman–Crippen MR) is 66.0 cm³/mol.